The van der Waals surface area contributed by atoms with E-state index in [-0.39, 0.29) is 49.6 Å². The van der Waals surface area contributed by atoms with Crippen molar-refractivity contribution < 1.29 is 37.4 Å². The number of alkyl carbamates (subject to hydrolysis) is 1. The summed E-state index contributed by atoms with van der Waals surface area (Å²) in [4.78, 5) is 34.3. The summed E-state index contributed by atoms with van der Waals surface area (Å²) < 4.78 is 44.1. The quantitative estimate of drug-likeness (QED) is 0.333. The van der Waals surface area contributed by atoms with Gasteiger partial charge < -0.3 is 25.3 Å². The molecule has 0 aliphatic heterocycles. The third kappa shape index (κ3) is 12.1. The Balaban J connectivity index is 2.76. The van der Waals surface area contributed by atoms with Crippen LogP contribution >= 0.6 is 0 Å². The fourth-order valence-electron chi connectivity index (χ4n) is 2.95. The molecule has 33 heavy (non-hydrogen) atoms. The summed E-state index contributed by atoms with van der Waals surface area (Å²) in [6.45, 7) is 4.87. The number of ether oxygens (including phenoxy) is 3. The van der Waals surface area contributed by atoms with Crippen molar-refractivity contribution in [1.29, 1.82) is 0 Å². The van der Waals surface area contributed by atoms with E-state index in [2.05, 4.69) is 10.1 Å². The monoisotopic (exact) mass is 472 g/mol. The first-order chi connectivity index (χ1) is 15.4. The first kappa shape index (κ1) is 28.1. The SMILES string of the molecule is COC(=O)CCCCCc1cc(F)cc(OC[C@H](CCC(N)=O)NC(=O)OC(C)(C)C)c1F. The molecule has 0 heterocycles. The highest BCUT2D eigenvalue weighted by Crippen LogP contribution is 2.25. The number of nitrogens with one attached hydrogen (secondary N) is 1. The first-order valence-corrected chi connectivity index (χ1v) is 10.9. The fourth-order valence-corrected chi connectivity index (χ4v) is 2.95. The van der Waals surface area contributed by atoms with Crippen LogP contribution in [0, 0.1) is 11.6 Å². The summed E-state index contributed by atoms with van der Waals surface area (Å²) in [6.07, 6.45) is 1.70. The number of hydrogen-bond acceptors (Lipinski definition) is 6. The van der Waals surface area contributed by atoms with Gasteiger partial charge in [0.1, 0.15) is 18.0 Å². The number of primary amides is 1. The van der Waals surface area contributed by atoms with Crippen molar-refractivity contribution in [2.75, 3.05) is 13.7 Å². The molecule has 186 valence electrons. The van der Waals surface area contributed by atoms with Crippen molar-refractivity contribution in [3.05, 3.63) is 29.3 Å². The lowest BCUT2D eigenvalue weighted by Crippen LogP contribution is -2.42. The van der Waals surface area contributed by atoms with Gasteiger partial charge in [0.25, 0.3) is 0 Å². The highest BCUT2D eigenvalue weighted by Gasteiger charge is 2.21. The third-order valence-electron chi connectivity index (χ3n) is 4.53. The Labute approximate surface area is 193 Å². The predicted octanol–water partition coefficient (Wildman–Crippen LogP) is 3.78. The van der Waals surface area contributed by atoms with Crippen LogP contribution in [0.2, 0.25) is 0 Å². The maximum atomic E-state index is 14.8. The van der Waals surface area contributed by atoms with Crippen LogP contribution in [0.25, 0.3) is 0 Å². The lowest BCUT2D eigenvalue weighted by atomic mass is 10.0. The number of methoxy groups -OCH3 is 1. The van der Waals surface area contributed by atoms with Crippen LogP contribution in [0.4, 0.5) is 13.6 Å². The molecule has 1 atom stereocenters. The topological polar surface area (TPSA) is 117 Å². The normalized spacial score (nSPS) is 12.1. The van der Waals surface area contributed by atoms with E-state index >= 15 is 0 Å². The lowest BCUT2D eigenvalue weighted by Gasteiger charge is -2.24. The van der Waals surface area contributed by atoms with Crippen molar-refractivity contribution in [1.82, 2.24) is 5.32 Å². The standard InChI is InChI=1S/C23H34F2N2O6/c1-23(2,3)33-22(30)27-17(10-11-19(26)28)14-32-18-13-16(24)12-15(21(18)25)8-6-5-7-9-20(29)31-4/h12-13,17H,5-11,14H2,1-4H3,(H2,26,28)(H,27,30)/t17-/m0/s1. The van der Waals surface area contributed by atoms with Crippen molar-refractivity contribution in [2.45, 2.75) is 77.4 Å². The summed E-state index contributed by atoms with van der Waals surface area (Å²) in [7, 11) is 1.31. The van der Waals surface area contributed by atoms with E-state index in [1.54, 1.807) is 20.8 Å². The highest BCUT2D eigenvalue weighted by atomic mass is 19.1. The maximum Gasteiger partial charge on any atom is 0.407 e. The Morgan fingerprint density at radius 1 is 1.09 bits per heavy atom. The van der Waals surface area contributed by atoms with E-state index < -0.39 is 35.3 Å². The average Bonchev–Trinajstić information content (AvgIpc) is 2.70. The van der Waals surface area contributed by atoms with Crippen molar-refractivity contribution in [2.24, 2.45) is 5.73 Å². The highest BCUT2D eigenvalue weighted by molar-refractivity contribution is 5.74. The molecule has 0 radical (unpaired) electrons. The van der Waals surface area contributed by atoms with Gasteiger partial charge in [-0.05, 0) is 58.1 Å². The number of esters is 1. The number of nitrogens with two attached hydrogens (primary N) is 1. The molecular formula is C23H34F2N2O6. The summed E-state index contributed by atoms with van der Waals surface area (Å²) >= 11 is 0. The molecule has 0 spiro atoms. The predicted molar refractivity (Wildman–Crippen MR) is 118 cm³/mol. The molecule has 0 unspecified atom stereocenters. The molecule has 0 saturated heterocycles. The Kier molecular flexibility index (Phi) is 11.6. The molecule has 1 aromatic carbocycles. The minimum absolute atomic E-state index is 0.0354. The van der Waals surface area contributed by atoms with Gasteiger partial charge in [-0.1, -0.05) is 6.42 Å². The van der Waals surface area contributed by atoms with Crippen molar-refractivity contribution in [3.8, 4) is 5.75 Å². The van der Waals surface area contributed by atoms with Crippen LogP contribution in [-0.4, -0.2) is 43.3 Å². The molecule has 0 saturated carbocycles. The molecule has 0 aliphatic carbocycles. The Hall–Kier alpha value is -2.91. The summed E-state index contributed by atoms with van der Waals surface area (Å²) in [5, 5.41) is 2.56. The number of aryl methyl sites for hydroxylation is 1. The van der Waals surface area contributed by atoms with E-state index in [1.165, 1.54) is 7.11 Å². The second-order valence-electron chi connectivity index (χ2n) is 8.67. The number of halogens is 2. The molecular weight excluding hydrogens is 438 g/mol. The van der Waals surface area contributed by atoms with E-state index in [4.69, 9.17) is 15.2 Å². The van der Waals surface area contributed by atoms with Gasteiger partial charge in [0.05, 0.1) is 13.2 Å². The van der Waals surface area contributed by atoms with E-state index in [1.807, 2.05) is 0 Å². The molecule has 0 aliphatic rings. The van der Waals surface area contributed by atoms with Gasteiger partial charge in [-0.3, -0.25) is 9.59 Å². The fraction of sp³-hybridized carbons (Fsp3) is 0.609. The van der Waals surface area contributed by atoms with Gasteiger partial charge in [0.15, 0.2) is 11.6 Å². The molecule has 0 aromatic heterocycles. The van der Waals surface area contributed by atoms with Gasteiger partial charge in [0.2, 0.25) is 5.91 Å². The summed E-state index contributed by atoms with van der Waals surface area (Å²) in [5.74, 6) is -2.54. The second-order valence-corrected chi connectivity index (χ2v) is 8.67. The minimum atomic E-state index is -0.737. The van der Waals surface area contributed by atoms with Crippen LogP contribution in [0.1, 0.15) is 64.9 Å². The van der Waals surface area contributed by atoms with Crippen molar-refractivity contribution in [3.63, 3.8) is 0 Å². The second kappa shape index (κ2) is 13.6. The maximum absolute atomic E-state index is 14.8. The number of carbonyl (C=O) groups excluding carboxylic acids is 3. The van der Waals surface area contributed by atoms with E-state index in [0.717, 1.165) is 12.1 Å². The number of rotatable bonds is 13. The largest absolute Gasteiger partial charge is 0.488 e. The molecule has 8 nitrogen and oxygen atoms in total. The van der Waals surface area contributed by atoms with Crippen LogP contribution in [0.3, 0.4) is 0 Å². The molecule has 3 N–H and O–H groups in total. The number of benzene rings is 1. The van der Waals surface area contributed by atoms with E-state index in [9.17, 15) is 23.2 Å². The molecule has 0 bridgehead atoms. The zero-order valence-electron chi connectivity index (χ0n) is 19.7. The number of hydrogen-bond donors (Lipinski definition) is 2. The van der Waals surface area contributed by atoms with Gasteiger partial charge in [0, 0.05) is 18.9 Å². The summed E-state index contributed by atoms with van der Waals surface area (Å²) in [5.41, 5.74) is 4.59. The molecule has 2 amide bonds. The van der Waals surface area contributed by atoms with Crippen LogP contribution in [0.15, 0.2) is 12.1 Å². The minimum Gasteiger partial charge on any atom is -0.488 e. The summed E-state index contributed by atoms with van der Waals surface area (Å²) in [6, 6.07) is 1.32. The Morgan fingerprint density at radius 2 is 1.79 bits per heavy atom. The van der Waals surface area contributed by atoms with Crippen LogP contribution in [0.5, 0.6) is 5.75 Å². The molecule has 1 aromatic rings. The zero-order valence-corrected chi connectivity index (χ0v) is 19.7. The number of amides is 2. The van der Waals surface area contributed by atoms with Gasteiger partial charge in [-0.15, -0.1) is 0 Å². The van der Waals surface area contributed by atoms with Gasteiger partial charge in [-0.2, -0.15) is 0 Å². The number of unbranched alkanes of at least 4 members (excludes halogenated alkanes) is 2. The Bertz CT molecular complexity index is 811. The lowest BCUT2D eigenvalue weighted by molar-refractivity contribution is -0.140. The number of carbonyl (C=O) groups is 3. The van der Waals surface area contributed by atoms with Crippen LogP contribution in [-0.2, 0) is 25.5 Å². The molecule has 0 fully saturated rings. The van der Waals surface area contributed by atoms with Crippen LogP contribution < -0.4 is 15.8 Å². The molecule has 10 heteroatoms. The smallest absolute Gasteiger partial charge is 0.407 e. The zero-order chi connectivity index (χ0) is 25.0. The van der Waals surface area contributed by atoms with Crippen molar-refractivity contribution >= 4 is 18.0 Å². The van der Waals surface area contributed by atoms with Gasteiger partial charge in [-0.25, -0.2) is 13.6 Å². The van der Waals surface area contributed by atoms with Gasteiger partial charge >= 0.3 is 12.1 Å². The average molecular weight is 473 g/mol. The van der Waals surface area contributed by atoms with E-state index in [0.29, 0.717) is 19.3 Å². The molecule has 1 rings (SSSR count). The first-order valence-electron chi connectivity index (χ1n) is 10.9. The third-order valence-corrected chi connectivity index (χ3v) is 4.53. The Morgan fingerprint density at radius 3 is 2.39 bits per heavy atom.